The summed E-state index contributed by atoms with van der Waals surface area (Å²) in [5.74, 6) is 6.58. The van der Waals surface area contributed by atoms with E-state index in [0.29, 0.717) is 23.0 Å². The summed E-state index contributed by atoms with van der Waals surface area (Å²) in [5.41, 5.74) is 6.65. The summed E-state index contributed by atoms with van der Waals surface area (Å²) < 4.78 is 0. The summed E-state index contributed by atoms with van der Waals surface area (Å²) >= 11 is 0. The van der Waals surface area contributed by atoms with Crippen molar-refractivity contribution >= 4 is 5.91 Å². The lowest BCUT2D eigenvalue weighted by Gasteiger charge is -2.26. The molecule has 0 radical (unpaired) electrons. The zero-order valence-corrected chi connectivity index (χ0v) is 13.4. The number of nitrogens with zero attached hydrogens (tertiary/aromatic N) is 2. The molecule has 0 spiro atoms. The van der Waals surface area contributed by atoms with Crippen LogP contribution in [0.1, 0.15) is 43.6 Å². The largest absolute Gasteiger partial charge is 0.338 e. The Morgan fingerprint density at radius 3 is 2.43 bits per heavy atom. The van der Waals surface area contributed by atoms with Gasteiger partial charge in [-0.25, -0.2) is 0 Å². The van der Waals surface area contributed by atoms with Crippen molar-refractivity contribution < 1.29 is 4.79 Å². The monoisotopic (exact) mass is 287 g/mol. The van der Waals surface area contributed by atoms with Crippen LogP contribution in [-0.4, -0.2) is 35.4 Å². The topological polar surface area (TPSA) is 59.2 Å². The fourth-order valence-corrected chi connectivity index (χ4v) is 2.12. The van der Waals surface area contributed by atoms with Gasteiger partial charge in [0.15, 0.2) is 0 Å². The van der Waals surface area contributed by atoms with E-state index in [1.165, 1.54) is 0 Å². The van der Waals surface area contributed by atoms with Crippen molar-refractivity contribution in [3.8, 4) is 11.8 Å². The van der Waals surface area contributed by atoms with Crippen molar-refractivity contribution in [1.82, 2.24) is 9.88 Å². The summed E-state index contributed by atoms with van der Waals surface area (Å²) in [7, 11) is 0. The maximum atomic E-state index is 12.8. The van der Waals surface area contributed by atoms with Gasteiger partial charge in [-0.15, -0.1) is 0 Å². The first kappa shape index (κ1) is 17.2. The molecule has 0 aliphatic rings. The molecule has 1 amide bonds. The first-order chi connectivity index (χ1) is 9.95. The number of amides is 1. The maximum absolute atomic E-state index is 12.8. The van der Waals surface area contributed by atoms with E-state index < -0.39 is 0 Å². The van der Waals surface area contributed by atoms with E-state index in [-0.39, 0.29) is 12.5 Å². The maximum Gasteiger partial charge on any atom is 0.255 e. The minimum Gasteiger partial charge on any atom is -0.338 e. The molecule has 0 aliphatic heterocycles. The van der Waals surface area contributed by atoms with E-state index in [1.54, 1.807) is 18.5 Å². The smallest absolute Gasteiger partial charge is 0.255 e. The van der Waals surface area contributed by atoms with Crippen LogP contribution in [0.2, 0.25) is 0 Å². The average Bonchev–Trinajstić information content (AvgIpc) is 2.43. The minimum atomic E-state index is 0.0149. The predicted octanol–water partition coefficient (Wildman–Crippen LogP) is 2.15. The Morgan fingerprint density at radius 2 is 1.90 bits per heavy atom. The van der Waals surface area contributed by atoms with E-state index >= 15 is 0 Å². The lowest BCUT2D eigenvalue weighted by atomic mass is 10.1. The van der Waals surface area contributed by atoms with Crippen LogP contribution in [-0.2, 0) is 0 Å². The molecule has 0 atom stereocenters. The number of rotatable bonds is 5. The van der Waals surface area contributed by atoms with Crippen molar-refractivity contribution in [2.24, 2.45) is 17.6 Å². The van der Waals surface area contributed by atoms with Crippen LogP contribution in [0, 0.1) is 23.7 Å². The molecule has 0 bridgehead atoms. The molecule has 1 heterocycles. The molecule has 4 heteroatoms. The van der Waals surface area contributed by atoms with Gasteiger partial charge in [0.05, 0.1) is 17.7 Å². The molecule has 0 unspecified atom stereocenters. The Bertz CT molecular complexity index is 516. The summed E-state index contributed by atoms with van der Waals surface area (Å²) in [5, 5.41) is 0. The van der Waals surface area contributed by atoms with Crippen LogP contribution in [0.4, 0.5) is 0 Å². The summed E-state index contributed by atoms with van der Waals surface area (Å²) in [6.45, 7) is 10.2. The second-order valence-corrected chi connectivity index (χ2v) is 5.92. The number of carbonyl (C=O) groups excluding carboxylic acids is 1. The number of carbonyl (C=O) groups is 1. The molecule has 21 heavy (non-hydrogen) atoms. The Morgan fingerprint density at radius 1 is 1.29 bits per heavy atom. The highest BCUT2D eigenvalue weighted by Gasteiger charge is 2.20. The normalized spacial score (nSPS) is 10.4. The Kier molecular flexibility index (Phi) is 6.90. The van der Waals surface area contributed by atoms with Gasteiger partial charge in [-0.3, -0.25) is 9.78 Å². The predicted molar refractivity (Wildman–Crippen MR) is 85.7 cm³/mol. The van der Waals surface area contributed by atoms with Crippen LogP contribution in [0.5, 0.6) is 0 Å². The van der Waals surface area contributed by atoms with Crippen LogP contribution in [0.3, 0.4) is 0 Å². The van der Waals surface area contributed by atoms with Gasteiger partial charge < -0.3 is 10.6 Å². The average molecular weight is 287 g/mol. The minimum absolute atomic E-state index is 0.0149. The van der Waals surface area contributed by atoms with Gasteiger partial charge >= 0.3 is 0 Å². The first-order valence-corrected chi connectivity index (χ1v) is 7.37. The van der Waals surface area contributed by atoms with E-state index in [0.717, 1.165) is 13.1 Å². The summed E-state index contributed by atoms with van der Waals surface area (Å²) in [6, 6.07) is 1.73. The zero-order chi connectivity index (χ0) is 15.8. The molecule has 1 rings (SSSR count). The van der Waals surface area contributed by atoms with Gasteiger partial charge in [-0.2, -0.15) is 0 Å². The van der Waals surface area contributed by atoms with Crippen molar-refractivity contribution in [1.29, 1.82) is 0 Å². The Balaban J connectivity index is 3.08. The van der Waals surface area contributed by atoms with Gasteiger partial charge in [0, 0.05) is 25.5 Å². The molecule has 4 nitrogen and oxygen atoms in total. The molecule has 0 saturated heterocycles. The molecule has 114 valence electrons. The molecular formula is C17H25N3O. The third-order valence-corrected chi connectivity index (χ3v) is 2.83. The van der Waals surface area contributed by atoms with Crippen molar-refractivity contribution in [2.45, 2.75) is 27.7 Å². The number of hydrogen-bond donors (Lipinski definition) is 1. The first-order valence-electron chi connectivity index (χ1n) is 7.37. The number of hydrogen-bond acceptors (Lipinski definition) is 3. The van der Waals surface area contributed by atoms with Crippen LogP contribution < -0.4 is 5.73 Å². The third kappa shape index (κ3) is 5.57. The molecule has 0 saturated carbocycles. The highest BCUT2D eigenvalue weighted by molar-refractivity contribution is 5.96. The summed E-state index contributed by atoms with van der Waals surface area (Å²) in [4.78, 5) is 18.7. The molecule has 0 aliphatic carbocycles. The number of pyridine rings is 1. The molecular weight excluding hydrogens is 262 g/mol. The van der Waals surface area contributed by atoms with E-state index in [1.807, 2.05) is 4.90 Å². The van der Waals surface area contributed by atoms with Gasteiger partial charge in [0.25, 0.3) is 5.91 Å². The van der Waals surface area contributed by atoms with Crippen LogP contribution in [0.15, 0.2) is 18.5 Å². The fraction of sp³-hybridized carbons (Fsp3) is 0.529. The zero-order valence-electron chi connectivity index (χ0n) is 13.4. The van der Waals surface area contributed by atoms with E-state index in [4.69, 9.17) is 5.73 Å². The third-order valence-electron chi connectivity index (χ3n) is 2.83. The van der Waals surface area contributed by atoms with Crippen LogP contribution >= 0.6 is 0 Å². The molecule has 1 aromatic heterocycles. The lowest BCUT2D eigenvalue weighted by molar-refractivity contribution is 0.0714. The SMILES string of the molecule is CC(C)CN(CC(C)C)C(=O)c1ccncc1C#CCN. The second-order valence-electron chi connectivity index (χ2n) is 5.92. The quantitative estimate of drug-likeness (QED) is 0.844. The standard InChI is InChI=1S/C17H25N3O/c1-13(2)11-20(12-14(3)4)17(21)16-7-9-19-10-15(16)6-5-8-18/h7,9-10,13-14H,8,11-12,18H2,1-4H3. The number of nitrogens with two attached hydrogens (primary N) is 1. The Hall–Kier alpha value is -1.86. The highest BCUT2D eigenvalue weighted by atomic mass is 16.2. The molecule has 2 N–H and O–H groups in total. The second kappa shape index (κ2) is 8.43. The highest BCUT2D eigenvalue weighted by Crippen LogP contribution is 2.13. The van der Waals surface area contributed by atoms with Gasteiger partial charge in [-0.05, 0) is 17.9 Å². The van der Waals surface area contributed by atoms with Gasteiger partial charge in [-0.1, -0.05) is 39.5 Å². The lowest BCUT2D eigenvalue weighted by Crippen LogP contribution is -2.37. The van der Waals surface area contributed by atoms with E-state index in [9.17, 15) is 4.79 Å². The van der Waals surface area contributed by atoms with E-state index in [2.05, 4.69) is 44.5 Å². The molecule has 0 aromatic carbocycles. The van der Waals surface area contributed by atoms with Gasteiger partial charge in [0.1, 0.15) is 0 Å². The molecule has 0 fully saturated rings. The Labute approximate surface area is 127 Å². The number of aromatic nitrogens is 1. The van der Waals surface area contributed by atoms with Crippen LogP contribution in [0.25, 0.3) is 0 Å². The molecule has 1 aromatic rings. The van der Waals surface area contributed by atoms with Crippen molar-refractivity contribution in [3.05, 3.63) is 29.6 Å². The van der Waals surface area contributed by atoms with Crippen molar-refractivity contribution in [3.63, 3.8) is 0 Å². The summed E-state index contributed by atoms with van der Waals surface area (Å²) in [6.07, 6.45) is 3.25. The fourth-order valence-electron chi connectivity index (χ4n) is 2.12. The van der Waals surface area contributed by atoms with Gasteiger partial charge in [0.2, 0.25) is 0 Å². The van der Waals surface area contributed by atoms with Crippen molar-refractivity contribution in [2.75, 3.05) is 19.6 Å².